The first-order chi connectivity index (χ1) is 13.5. The van der Waals surface area contributed by atoms with E-state index in [1.807, 2.05) is 12.1 Å². The molecule has 0 aromatic heterocycles. The largest absolute Gasteiger partial charge is 0.483 e. The van der Waals surface area contributed by atoms with Crippen LogP contribution in [0.3, 0.4) is 0 Å². The van der Waals surface area contributed by atoms with Gasteiger partial charge in [0.05, 0.1) is 10.5 Å². The highest BCUT2D eigenvalue weighted by Gasteiger charge is 2.17. The van der Waals surface area contributed by atoms with E-state index < -0.39 is 0 Å². The van der Waals surface area contributed by atoms with Crippen LogP contribution in [-0.2, 0) is 17.6 Å². The quantitative estimate of drug-likeness (QED) is 0.561. The van der Waals surface area contributed by atoms with E-state index in [1.54, 1.807) is 0 Å². The molecule has 0 saturated carbocycles. The van der Waals surface area contributed by atoms with Crippen LogP contribution in [0.5, 0.6) is 5.75 Å². The van der Waals surface area contributed by atoms with Crippen LogP contribution in [-0.4, -0.2) is 12.5 Å². The van der Waals surface area contributed by atoms with Crippen molar-refractivity contribution in [3.05, 3.63) is 63.1 Å². The van der Waals surface area contributed by atoms with Crippen molar-refractivity contribution in [3.63, 3.8) is 0 Å². The topological polar surface area (TPSA) is 38.3 Å². The summed E-state index contributed by atoms with van der Waals surface area (Å²) in [6.07, 6.45) is 5.73. The van der Waals surface area contributed by atoms with Crippen molar-refractivity contribution in [1.29, 1.82) is 0 Å². The molecule has 0 fully saturated rings. The summed E-state index contributed by atoms with van der Waals surface area (Å²) >= 11 is 3.55. The molecule has 0 radical (unpaired) electrons. The summed E-state index contributed by atoms with van der Waals surface area (Å²) < 4.78 is 6.63. The fourth-order valence-corrected chi connectivity index (χ4v) is 4.27. The molecule has 0 bridgehead atoms. The molecule has 0 heterocycles. The van der Waals surface area contributed by atoms with Gasteiger partial charge in [-0.25, -0.2) is 0 Å². The number of carbonyl (C=O) groups is 1. The van der Waals surface area contributed by atoms with Crippen LogP contribution in [0.2, 0.25) is 0 Å². The fraction of sp³-hybridized carbons (Fsp3) is 0.458. The van der Waals surface area contributed by atoms with E-state index in [9.17, 15) is 4.79 Å². The Balaban J connectivity index is 1.60. The van der Waals surface area contributed by atoms with E-state index in [-0.39, 0.29) is 18.6 Å². The molecular weight excluding hydrogens is 414 g/mol. The standard InChI is InChI=1S/C24H30BrNO2/c1-4-22(20-10-9-17-7-5-6-8-19(17)13-20)26-24(27)15-28-23-12-11-18(16(2)3)14-21(23)25/h9-14,16,22H,4-8,15H2,1-3H3,(H,26,27). The van der Waals surface area contributed by atoms with Crippen molar-refractivity contribution in [2.45, 2.75) is 64.8 Å². The molecule has 4 heteroatoms. The third-order valence-electron chi connectivity index (χ3n) is 5.50. The lowest BCUT2D eigenvalue weighted by Gasteiger charge is -2.22. The number of rotatable bonds is 7. The Morgan fingerprint density at radius 1 is 1.07 bits per heavy atom. The van der Waals surface area contributed by atoms with Crippen LogP contribution in [0.25, 0.3) is 0 Å². The van der Waals surface area contributed by atoms with Gasteiger partial charge in [0.1, 0.15) is 5.75 Å². The van der Waals surface area contributed by atoms with Crippen LogP contribution in [0.4, 0.5) is 0 Å². The Morgan fingerprint density at radius 3 is 2.46 bits per heavy atom. The zero-order chi connectivity index (χ0) is 20.1. The van der Waals surface area contributed by atoms with Crippen molar-refractivity contribution >= 4 is 21.8 Å². The molecule has 28 heavy (non-hydrogen) atoms. The number of benzene rings is 2. The van der Waals surface area contributed by atoms with Gasteiger partial charge in [0, 0.05) is 0 Å². The molecular formula is C24H30BrNO2. The lowest BCUT2D eigenvalue weighted by atomic mass is 9.89. The molecule has 1 amide bonds. The van der Waals surface area contributed by atoms with Crippen molar-refractivity contribution < 1.29 is 9.53 Å². The third-order valence-corrected chi connectivity index (χ3v) is 6.12. The molecule has 1 aliphatic carbocycles. The predicted octanol–water partition coefficient (Wildman–Crippen LogP) is 6.10. The zero-order valence-electron chi connectivity index (χ0n) is 17.1. The highest BCUT2D eigenvalue weighted by atomic mass is 79.9. The minimum absolute atomic E-state index is 0.0149. The second kappa shape index (κ2) is 9.60. The number of nitrogens with one attached hydrogen (secondary N) is 1. The predicted molar refractivity (Wildman–Crippen MR) is 118 cm³/mol. The summed E-state index contributed by atoms with van der Waals surface area (Å²) in [5.74, 6) is 1.06. The monoisotopic (exact) mass is 443 g/mol. The van der Waals surface area contributed by atoms with Crippen LogP contribution < -0.4 is 10.1 Å². The van der Waals surface area contributed by atoms with Gasteiger partial charge >= 0.3 is 0 Å². The average molecular weight is 444 g/mol. The minimum atomic E-state index is -0.0931. The lowest BCUT2D eigenvalue weighted by molar-refractivity contribution is -0.123. The zero-order valence-corrected chi connectivity index (χ0v) is 18.6. The van der Waals surface area contributed by atoms with Crippen molar-refractivity contribution in [2.75, 3.05) is 6.61 Å². The fourth-order valence-electron chi connectivity index (χ4n) is 3.76. The second-order valence-corrected chi connectivity index (χ2v) is 8.75. The maximum absolute atomic E-state index is 12.5. The molecule has 2 aromatic carbocycles. The molecule has 0 saturated heterocycles. The van der Waals surface area contributed by atoms with Gasteiger partial charge < -0.3 is 10.1 Å². The number of hydrogen-bond acceptors (Lipinski definition) is 2. The van der Waals surface area contributed by atoms with Gasteiger partial charge in [0.2, 0.25) is 0 Å². The Bertz CT molecular complexity index is 831. The molecule has 3 nitrogen and oxygen atoms in total. The maximum atomic E-state index is 12.5. The SMILES string of the molecule is CCC(NC(=O)COc1ccc(C(C)C)cc1Br)c1ccc2c(c1)CCCC2. The summed E-state index contributed by atoms with van der Waals surface area (Å²) in [6.45, 7) is 6.43. The molecule has 1 N–H and O–H groups in total. The highest BCUT2D eigenvalue weighted by molar-refractivity contribution is 9.10. The number of fused-ring (bicyclic) bond motifs is 1. The number of carbonyl (C=O) groups excluding carboxylic acids is 1. The number of halogens is 1. The Morgan fingerprint density at radius 2 is 1.79 bits per heavy atom. The normalized spacial score (nSPS) is 14.5. The highest BCUT2D eigenvalue weighted by Crippen LogP contribution is 2.29. The molecule has 1 atom stereocenters. The Kier molecular flexibility index (Phi) is 7.17. The van der Waals surface area contributed by atoms with Crippen LogP contribution in [0.1, 0.15) is 74.2 Å². The first-order valence-electron chi connectivity index (χ1n) is 10.3. The van der Waals surface area contributed by atoms with E-state index in [4.69, 9.17) is 4.74 Å². The summed E-state index contributed by atoms with van der Waals surface area (Å²) in [7, 11) is 0. The van der Waals surface area contributed by atoms with E-state index in [0.29, 0.717) is 11.7 Å². The van der Waals surface area contributed by atoms with Gasteiger partial charge in [-0.05, 0) is 88.3 Å². The summed E-state index contributed by atoms with van der Waals surface area (Å²) in [5, 5.41) is 3.13. The summed E-state index contributed by atoms with van der Waals surface area (Å²) in [5.41, 5.74) is 5.34. The van der Waals surface area contributed by atoms with E-state index >= 15 is 0 Å². The van der Waals surface area contributed by atoms with Gasteiger partial charge in [-0.15, -0.1) is 0 Å². The van der Waals surface area contributed by atoms with E-state index in [0.717, 1.165) is 17.3 Å². The number of hydrogen-bond donors (Lipinski definition) is 1. The van der Waals surface area contributed by atoms with Crippen LogP contribution >= 0.6 is 15.9 Å². The van der Waals surface area contributed by atoms with Crippen molar-refractivity contribution in [3.8, 4) is 5.75 Å². The van der Waals surface area contributed by atoms with Gasteiger partial charge in [0.25, 0.3) is 5.91 Å². The van der Waals surface area contributed by atoms with Gasteiger partial charge in [-0.3, -0.25) is 4.79 Å². The summed E-state index contributed by atoms with van der Waals surface area (Å²) in [4.78, 5) is 12.5. The van der Waals surface area contributed by atoms with Gasteiger partial charge in [-0.2, -0.15) is 0 Å². The Labute approximate surface area is 177 Å². The van der Waals surface area contributed by atoms with Crippen molar-refractivity contribution in [2.24, 2.45) is 0 Å². The molecule has 3 rings (SSSR count). The lowest BCUT2D eigenvalue weighted by Crippen LogP contribution is -2.32. The first kappa shape index (κ1) is 20.9. The maximum Gasteiger partial charge on any atom is 0.258 e. The number of amides is 1. The average Bonchev–Trinajstić information content (AvgIpc) is 2.70. The molecule has 0 spiro atoms. The second-order valence-electron chi connectivity index (χ2n) is 7.90. The molecule has 0 aliphatic heterocycles. The first-order valence-corrected chi connectivity index (χ1v) is 11.1. The molecule has 150 valence electrons. The van der Waals surface area contributed by atoms with E-state index in [2.05, 4.69) is 66.3 Å². The summed E-state index contributed by atoms with van der Waals surface area (Å²) in [6, 6.07) is 12.7. The molecule has 2 aromatic rings. The van der Waals surface area contributed by atoms with Gasteiger partial charge in [-0.1, -0.05) is 45.0 Å². The number of ether oxygens (including phenoxy) is 1. The molecule has 1 unspecified atom stereocenters. The van der Waals surface area contributed by atoms with Gasteiger partial charge in [0.15, 0.2) is 6.61 Å². The van der Waals surface area contributed by atoms with Crippen LogP contribution in [0.15, 0.2) is 40.9 Å². The van der Waals surface area contributed by atoms with E-state index in [1.165, 1.54) is 41.5 Å². The molecule has 1 aliphatic rings. The van der Waals surface area contributed by atoms with Crippen molar-refractivity contribution in [1.82, 2.24) is 5.32 Å². The Hall–Kier alpha value is -1.81. The minimum Gasteiger partial charge on any atom is -0.483 e. The van der Waals surface area contributed by atoms with Crippen LogP contribution in [0, 0.1) is 0 Å². The number of aryl methyl sites for hydroxylation is 2. The third kappa shape index (κ3) is 5.16. The smallest absolute Gasteiger partial charge is 0.258 e.